The van der Waals surface area contributed by atoms with Crippen LogP contribution in [0.2, 0.25) is 0 Å². The van der Waals surface area contributed by atoms with Crippen molar-refractivity contribution in [1.82, 2.24) is 9.55 Å². The zero-order chi connectivity index (χ0) is 19.9. The SMILES string of the molecule is Cc1cc(=O)n([C@@H]2O[C@H](COP(=O)(O)OP(=O)(O)O)[C@@H](O)[C@H]2O)c(=O)[nH]1. The predicted molar refractivity (Wildman–Crippen MR) is 80.9 cm³/mol. The van der Waals surface area contributed by atoms with Crippen molar-refractivity contribution in [2.45, 2.75) is 31.5 Å². The summed E-state index contributed by atoms with van der Waals surface area (Å²) in [5.41, 5.74) is -1.51. The van der Waals surface area contributed by atoms with Gasteiger partial charge >= 0.3 is 21.3 Å². The maximum Gasteiger partial charge on any atom is 0.481 e. The third-order valence-corrected chi connectivity index (χ3v) is 5.46. The fourth-order valence-corrected chi connectivity index (χ4v) is 3.87. The molecule has 1 aromatic heterocycles. The van der Waals surface area contributed by atoms with Crippen LogP contribution in [0.4, 0.5) is 0 Å². The van der Waals surface area contributed by atoms with Crippen LogP contribution in [0.15, 0.2) is 15.7 Å². The van der Waals surface area contributed by atoms with Gasteiger partial charge < -0.3 is 34.6 Å². The topological polar surface area (TPSA) is 218 Å². The van der Waals surface area contributed by atoms with Gasteiger partial charge in [-0.05, 0) is 6.92 Å². The zero-order valence-corrected chi connectivity index (χ0v) is 14.8. The molecule has 0 spiro atoms. The normalized spacial score (nSPS) is 28.8. The average molecular weight is 418 g/mol. The van der Waals surface area contributed by atoms with Gasteiger partial charge in [-0.1, -0.05) is 0 Å². The highest BCUT2D eigenvalue weighted by atomic mass is 31.3. The van der Waals surface area contributed by atoms with Crippen LogP contribution in [0.5, 0.6) is 0 Å². The fourth-order valence-electron chi connectivity index (χ4n) is 2.27. The van der Waals surface area contributed by atoms with Crippen molar-refractivity contribution in [3.63, 3.8) is 0 Å². The molecule has 26 heavy (non-hydrogen) atoms. The molecular weight excluding hydrogens is 402 g/mol. The first-order valence-corrected chi connectivity index (χ1v) is 9.91. The molecule has 2 rings (SSSR count). The Hall–Kier alpha value is -1.18. The van der Waals surface area contributed by atoms with Crippen molar-refractivity contribution < 1.29 is 47.6 Å². The number of hydrogen-bond donors (Lipinski definition) is 6. The van der Waals surface area contributed by atoms with Crippen molar-refractivity contribution in [1.29, 1.82) is 0 Å². The molecule has 2 heterocycles. The maximum atomic E-state index is 11.9. The number of phosphoric ester groups is 1. The molecule has 1 aromatic rings. The van der Waals surface area contributed by atoms with Crippen molar-refractivity contribution in [3.05, 3.63) is 32.6 Å². The molecule has 0 aromatic carbocycles. The van der Waals surface area contributed by atoms with Crippen LogP contribution in [-0.4, -0.2) is 59.4 Å². The van der Waals surface area contributed by atoms with Gasteiger partial charge in [-0.2, -0.15) is 4.31 Å². The lowest BCUT2D eigenvalue weighted by atomic mass is 10.1. The highest BCUT2D eigenvalue weighted by Gasteiger charge is 2.46. The van der Waals surface area contributed by atoms with E-state index in [2.05, 4.69) is 13.8 Å². The standard InChI is InChI=1S/C10H16N2O12P2/c1-4-2-6(13)12(10(16)11-4)9-8(15)7(14)5(23-9)3-22-26(20,21)24-25(17,18)19/h2,5,7-9,14-15H,3H2,1H3,(H,11,16)(H,20,21)(H2,17,18,19)/t5-,7-,8-,9-/m1/s1. The van der Waals surface area contributed by atoms with E-state index >= 15 is 0 Å². The number of aryl methyl sites for hydroxylation is 1. The molecule has 1 fully saturated rings. The Bertz CT molecular complexity index is 842. The smallest absolute Gasteiger partial charge is 0.387 e. The van der Waals surface area contributed by atoms with E-state index in [-0.39, 0.29) is 5.69 Å². The van der Waals surface area contributed by atoms with E-state index in [1.165, 1.54) is 6.92 Å². The molecule has 1 aliphatic heterocycles. The lowest BCUT2D eigenvalue weighted by molar-refractivity contribution is -0.0557. The summed E-state index contributed by atoms with van der Waals surface area (Å²) in [4.78, 5) is 52.3. The molecule has 148 valence electrons. The molecule has 6 N–H and O–H groups in total. The molecule has 14 nitrogen and oxygen atoms in total. The Morgan fingerprint density at radius 1 is 1.23 bits per heavy atom. The van der Waals surface area contributed by atoms with Gasteiger partial charge in [0.25, 0.3) is 5.56 Å². The Morgan fingerprint density at radius 3 is 2.38 bits per heavy atom. The van der Waals surface area contributed by atoms with Gasteiger partial charge in [0.2, 0.25) is 0 Å². The minimum absolute atomic E-state index is 0.250. The fraction of sp³-hybridized carbons (Fsp3) is 0.600. The molecule has 0 amide bonds. The number of aromatic amines is 1. The average Bonchev–Trinajstić information content (AvgIpc) is 2.70. The summed E-state index contributed by atoms with van der Waals surface area (Å²) >= 11 is 0. The van der Waals surface area contributed by atoms with Crippen LogP contribution >= 0.6 is 15.6 Å². The molecule has 1 unspecified atom stereocenters. The summed E-state index contributed by atoms with van der Waals surface area (Å²) in [5, 5.41) is 19.9. The van der Waals surface area contributed by atoms with Crippen LogP contribution in [0.25, 0.3) is 0 Å². The van der Waals surface area contributed by atoms with E-state index in [1.807, 2.05) is 0 Å². The van der Waals surface area contributed by atoms with Crippen LogP contribution in [0, 0.1) is 6.92 Å². The van der Waals surface area contributed by atoms with Crippen molar-refractivity contribution in [2.24, 2.45) is 0 Å². The van der Waals surface area contributed by atoms with Crippen LogP contribution in [0.3, 0.4) is 0 Å². The zero-order valence-electron chi connectivity index (χ0n) is 13.0. The van der Waals surface area contributed by atoms with E-state index in [4.69, 9.17) is 14.5 Å². The number of nitrogens with zero attached hydrogens (tertiary/aromatic N) is 1. The number of H-pyrrole nitrogens is 1. The van der Waals surface area contributed by atoms with E-state index in [0.29, 0.717) is 4.57 Å². The summed E-state index contributed by atoms with van der Waals surface area (Å²) in [5.74, 6) is 0. The second-order valence-electron chi connectivity index (χ2n) is 5.35. The quantitative estimate of drug-likeness (QED) is 0.269. The van der Waals surface area contributed by atoms with Crippen molar-refractivity contribution in [3.8, 4) is 0 Å². The van der Waals surface area contributed by atoms with Gasteiger partial charge in [0, 0.05) is 11.8 Å². The van der Waals surface area contributed by atoms with Gasteiger partial charge in [-0.3, -0.25) is 9.32 Å². The third-order valence-electron chi connectivity index (χ3n) is 3.30. The number of hydrogen-bond acceptors (Lipinski definition) is 9. The van der Waals surface area contributed by atoms with E-state index in [9.17, 15) is 33.8 Å². The molecule has 5 atom stereocenters. The summed E-state index contributed by atoms with van der Waals surface area (Å²) in [6.07, 6.45) is -6.66. The third kappa shape index (κ3) is 4.96. The summed E-state index contributed by atoms with van der Waals surface area (Å²) in [7, 11) is -10.5. The van der Waals surface area contributed by atoms with Crippen LogP contribution < -0.4 is 11.2 Å². The van der Waals surface area contributed by atoms with E-state index < -0.39 is 58.0 Å². The number of ether oxygens (including phenoxy) is 1. The van der Waals surface area contributed by atoms with Gasteiger partial charge in [-0.15, -0.1) is 0 Å². The van der Waals surface area contributed by atoms with E-state index in [0.717, 1.165) is 6.07 Å². The molecule has 0 bridgehead atoms. The number of nitrogens with one attached hydrogen (secondary N) is 1. The Labute approximate surface area is 144 Å². The minimum Gasteiger partial charge on any atom is -0.387 e. The van der Waals surface area contributed by atoms with Crippen LogP contribution in [-0.2, 0) is 22.7 Å². The number of aliphatic hydroxyl groups excluding tert-OH is 2. The molecule has 16 heteroatoms. The first kappa shape index (κ1) is 21.1. The van der Waals surface area contributed by atoms with Gasteiger partial charge in [0.15, 0.2) is 6.23 Å². The van der Waals surface area contributed by atoms with Crippen LogP contribution in [0.1, 0.15) is 11.9 Å². The second kappa shape index (κ2) is 7.44. The highest BCUT2D eigenvalue weighted by Crippen LogP contribution is 2.57. The first-order valence-electron chi connectivity index (χ1n) is 6.89. The molecule has 0 aliphatic carbocycles. The van der Waals surface area contributed by atoms with Gasteiger partial charge in [0.1, 0.15) is 18.3 Å². The van der Waals surface area contributed by atoms with Crippen molar-refractivity contribution >= 4 is 15.6 Å². The maximum absolute atomic E-state index is 11.9. The summed E-state index contributed by atoms with van der Waals surface area (Å²) in [6, 6.07) is 1.05. The number of rotatable bonds is 6. The number of phosphoric acid groups is 2. The Balaban J connectivity index is 2.16. The molecule has 1 aliphatic rings. The lowest BCUT2D eigenvalue weighted by Gasteiger charge is -2.17. The molecule has 0 saturated carbocycles. The Kier molecular flexibility index (Phi) is 6.05. The minimum atomic E-state index is -5.34. The highest BCUT2D eigenvalue weighted by molar-refractivity contribution is 7.60. The van der Waals surface area contributed by atoms with Crippen molar-refractivity contribution in [2.75, 3.05) is 6.61 Å². The summed E-state index contributed by atoms with van der Waals surface area (Å²) in [6.45, 7) is 0.505. The monoisotopic (exact) mass is 418 g/mol. The second-order valence-corrected chi connectivity index (χ2v) is 8.18. The van der Waals surface area contributed by atoms with E-state index in [1.54, 1.807) is 0 Å². The number of aliphatic hydroxyl groups is 2. The molecule has 0 radical (unpaired) electrons. The molecular formula is C10H16N2O12P2. The van der Waals surface area contributed by atoms with Gasteiger partial charge in [0.05, 0.1) is 6.61 Å². The lowest BCUT2D eigenvalue weighted by Crippen LogP contribution is -2.42. The number of aromatic nitrogens is 2. The first-order chi connectivity index (χ1) is 11.8. The summed E-state index contributed by atoms with van der Waals surface area (Å²) < 4.78 is 35.4. The largest absolute Gasteiger partial charge is 0.481 e. The predicted octanol–water partition coefficient (Wildman–Crippen LogP) is -2.31. The van der Waals surface area contributed by atoms with Gasteiger partial charge in [-0.25, -0.2) is 18.5 Å². The Morgan fingerprint density at radius 2 is 1.85 bits per heavy atom. The molecule has 1 saturated heterocycles.